The van der Waals surface area contributed by atoms with Gasteiger partial charge in [0.15, 0.2) is 0 Å². The molecule has 5 rings (SSSR count). The molecule has 2 bridgehead atoms. The second-order valence-electron chi connectivity index (χ2n) is 8.78. The molecule has 3 saturated carbocycles. The standard InChI is InChI=1S/C19H21F3N4O3/c1-16(2,3)29-15(27)23-17-9-18(10-17,11-17)26-8-14(24-25-26)12-4-6-13(7-5-12)28-19(20,21)22/h4-8H,9-11H2,1-3H3,(H,23,27). The van der Waals surface area contributed by atoms with Crippen LogP contribution in [0.25, 0.3) is 11.3 Å². The molecule has 29 heavy (non-hydrogen) atoms. The van der Waals surface area contributed by atoms with Crippen molar-refractivity contribution in [1.82, 2.24) is 20.3 Å². The maximum absolute atomic E-state index is 12.3. The predicted octanol–water partition coefficient (Wildman–Crippen LogP) is 4.00. The van der Waals surface area contributed by atoms with Gasteiger partial charge in [0, 0.05) is 5.56 Å². The van der Waals surface area contributed by atoms with Gasteiger partial charge in [-0.2, -0.15) is 0 Å². The minimum atomic E-state index is -4.72. The number of rotatable bonds is 4. The Balaban J connectivity index is 1.37. The smallest absolute Gasteiger partial charge is 0.444 e. The van der Waals surface area contributed by atoms with Crippen LogP contribution in [-0.2, 0) is 10.3 Å². The highest BCUT2D eigenvalue weighted by Crippen LogP contribution is 2.65. The predicted molar refractivity (Wildman–Crippen MR) is 96.1 cm³/mol. The fraction of sp³-hybridized carbons (Fsp3) is 0.526. The van der Waals surface area contributed by atoms with E-state index in [2.05, 4.69) is 20.4 Å². The molecule has 0 spiro atoms. The molecule has 3 fully saturated rings. The van der Waals surface area contributed by atoms with Crippen LogP contribution in [0.15, 0.2) is 30.5 Å². The van der Waals surface area contributed by atoms with Gasteiger partial charge in [0.05, 0.1) is 17.3 Å². The highest BCUT2D eigenvalue weighted by Gasteiger charge is 2.70. The number of halogens is 3. The molecular weight excluding hydrogens is 389 g/mol. The molecule has 2 aromatic rings. The van der Waals surface area contributed by atoms with Crippen molar-refractivity contribution in [3.63, 3.8) is 0 Å². The maximum atomic E-state index is 12.3. The summed E-state index contributed by atoms with van der Waals surface area (Å²) in [5, 5.41) is 11.3. The summed E-state index contributed by atoms with van der Waals surface area (Å²) in [5.41, 5.74) is 0.207. The zero-order chi connectivity index (χ0) is 21.1. The number of aromatic nitrogens is 3. The summed E-state index contributed by atoms with van der Waals surface area (Å²) in [6.45, 7) is 5.44. The molecule has 1 aromatic heterocycles. The first-order valence-electron chi connectivity index (χ1n) is 9.17. The molecule has 156 valence electrons. The molecule has 3 aliphatic rings. The molecule has 0 unspecified atom stereocenters. The van der Waals surface area contributed by atoms with Gasteiger partial charge in [-0.05, 0) is 64.3 Å². The number of ether oxygens (including phenoxy) is 2. The van der Waals surface area contributed by atoms with Gasteiger partial charge in [-0.1, -0.05) is 5.21 Å². The van der Waals surface area contributed by atoms with Crippen molar-refractivity contribution in [3.8, 4) is 17.0 Å². The lowest BCUT2D eigenvalue weighted by molar-refractivity contribution is -0.274. The molecule has 1 aromatic carbocycles. The van der Waals surface area contributed by atoms with Crippen molar-refractivity contribution >= 4 is 6.09 Å². The van der Waals surface area contributed by atoms with Crippen LogP contribution in [0.3, 0.4) is 0 Å². The third kappa shape index (κ3) is 3.88. The van der Waals surface area contributed by atoms with Crippen LogP contribution in [0, 0.1) is 0 Å². The minimum Gasteiger partial charge on any atom is -0.444 e. The quantitative estimate of drug-likeness (QED) is 0.824. The van der Waals surface area contributed by atoms with Crippen LogP contribution < -0.4 is 10.1 Å². The van der Waals surface area contributed by atoms with Gasteiger partial charge >= 0.3 is 12.5 Å². The lowest BCUT2D eigenvalue weighted by Gasteiger charge is -2.69. The molecule has 1 N–H and O–H groups in total. The van der Waals surface area contributed by atoms with E-state index in [1.807, 2.05) is 20.8 Å². The Morgan fingerprint density at radius 1 is 1.14 bits per heavy atom. The number of nitrogens with zero attached hydrogens (tertiary/aromatic N) is 3. The number of nitrogens with one attached hydrogen (secondary N) is 1. The second kappa shape index (κ2) is 6.11. The largest absolute Gasteiger partial charge is 0.573 e. The van der Waals surface area contributed by atoms with Crippen molar-refractivity contribution < 1.29 is 27.4 Å². The average Bonchev–Trinajstić information content (AvgIpc) is 2.96. The Morgan fingerprint density at radius 3 is 2.31 bits per heavy atom. The van der Waals surface area contributed by atoms with Gasteiger partial charge in [0.1, 0.15) is 17.0 Å². The summed E-state index contributed by atoms with van der Waals surface area (Å²) in [7, 11) is 0. The SMILES string of the molecule is CC(C)(C)OC(=O)NC12CC(n3cc(-c4ccc(OC(F)(F)F)cc4)nn3)(C1)C2. The number of amides is 1. The van der Waals surface area contributed by atoms with E-state index in [0.29, 0.717) is 11.3 Å². The summed E-state index contributed by atoms with van der Waals surface area (Å²) in [6, 6.07) is 5.48. The van der Waals surface area contributed by atoms with E-state index in [9.17, 15) is 18.0 Å². The first kappa shape index (κ1) is 19.5. The number of hydrogen-bond donors (Lipinski definition) is 1. The molecule has 1 heterocycles. The van der Waals surface area contributed by atoms with E-state index in [-0.39, 0.29) is 16.8 Å². The van der Waals surface area contributed by atoms with Crippen LogP contribution in [-0.4, -0.2) is 38.6 Å². The highest BCUT2D eigenvalue weighted by molar-refractivity contribution is 5.70. The number of benzene rings is 1. The minimum absolute atomic E-state index is 0.181. The van der Waals surface area contributed by atoms with E-state index in [1.54, 1.807) is 10.9 Å². The monoisotopic (exact) mass is 410 g/mol. The molecule has 3 aliphatic carbocycles. The highest BCUT2D eigenvalue weighted by atomic mass is 19.4. The third-order valence-corrected chi connectivity index (χ3v) is 5.13. The van der Waals surface area contributed by atoms with E-state index in [4.69, 9.17) is 4.74 Å². The van der Waals surface area contributed by atoms with Crippen LogP contribution in [0.2, 0.25) is 0 Å². The number of carbonyl (C=O) groups is 1. The Bertz CT molecular complexity index is 912. The first-order chi connectivity index (χ1) is 13.4. The van der Waals surface area contributed by atoms with Crippen molar-refractivity contribution in [2.75, 3.05) is 0 Å². The second-order valence-corrected chi connectivity index (χ2v) is 8.78. The first-order valence-corrected chi connectivity index (χ1v) is 9.17. The summed E-state index contributed by atoms with van der Waals surface area (Å²) >= 11 is 0. The maximum Gasteiger partial charge on any atom is 0.573 e. The van der Waals surface area contributed by atoms with Crippen molar-refractivity contribution in [2.24, 2.45) is 0 Å². The van der Waals surface area contributed by atoms with Gasteiger partial charge in [-0.3, -0.25) is 0 Å². The zero-order valence-corrected chi connectivity index (χ0v) is 16.2. The molecule has 1 amide bonds. The van der Waals surface area contributed by atoms with E-state index in [1.165, 1.54) is 24.3 Å². The van der Waals surface area contributed by atoms with Crippen LogP contribution in [0.4, 0.5) is 18.0 Å². The van der Waals surface area contributed by atoms with Crippen molar-refractivity contribution in [2.45, 2.75) is 63.1 Å². The summed E-state index contributed by atoms with van der Waals surface area (Å²) in [6.07, 6.45) is -1.17. The molecule has 0 aliphatic heterocycles. The van der Waals surface area contributed by atoms with Crippen LogP contribution >= 0.6 is 0 Å². The number of carbonyl (C=O) groups excluding carboxylic acids is 1. The van der Waals surface area contributed by atoms with E-state index < -0.39 is 18.1 Å². The molecule has 0 saturated heterocycles. The van der Waals surface area contributed by atoms with Crippen LogP contribution in [0.5, 0.6) is 5.75 Å². The molecule has 10 heteroatoms. The zero-order valence-electron chi connectivity index (χ0n) is 16.2. The van der Waals surface area contributed by atoms with Gasteiger partial charge in [0.25, 0.3) is 0 Å². The number of alkyl carbamates (subject to hydrolysis) is 1. The molecule has 0 atom stereocenters. The number of hydrogen-bond acceptors (Lipinski definition) is 5. The summed E-state index contributed by atoms with van der Waals surface area (Å²) in [5.74, 6) is -0.289. The lowest BCUT2D eigenvalue weighted by atomic mass is 9.44. The fourth-order valence-electron chi connectivity index (χ4n) is 4.09. The normalized spacial score (nSPS) is 25.6. The number of alkyl halides is 3. The van der Waals surface area contributed by atoms with Crippen molar-refractivity contribution in [3.05, 3.63) is 30.5 Å². The van der Waals surface area contributed by atoms with E-state index >= 15 is 0 Å². The Morgan fingerprint density at radius 2 is 1.76 bits per heavy atom. The van der Waals surface area contributed by atoms with E-state index in [0.717, 1.165) is 19.3 Å². The van der Waals surface area contributed by atoms with Gasteiger partial charge in [-0.15, -0.1) is 18.3 Å². The molecular formula is C19H21F3N4O3. The summed E-state index contributed by atoms with van der Waals surface area (Å²) in [4.78, 5) is 12.0. The topological polar surface area (TPSA) is 78.3 Å². The Kier molecular flexibility index (Phi) is 4.11. The van der Waals surface area contributed by atoms with Gasteiger partial charge in [0.2, 0.25) is 0 Å². The van der Waals surface area contributed by atoms with Gasteiger partial charge in [-0.25, -0.2) is 9.48 Å². The molecule has 0 radical (unpaired) electrons. The summed E-state index contributed by atoms with van der Waals surface area (Å²) < 4.78 is 47.7. The lowest BCUT2D eigenvalue weighted by Crippen LogP contribution is -2.79. The fourth-order valence-corrected chi connectivity index (χ4v) is 4.09. The Hall–Kier alpha value is -2.78. The average molecular weight is 410 g/mol. The van der Waals surface area contributed by atoms with Crippen LogP contribution in [0.1, 0.15) is 40.0 Å². The Labute approximate surface area is 165 Å². The third-order valence-electron chi connectivity index (χ3n) is 5.13. The van der Waals surface area contributed by atoms with Gasteiger partial charge < -0.3 is 14.8 Å². The van der Waals surface area contributed by atoms with Crippen molar-refractivity contribution in [1.29, 1.82) is 0 Å². The molecule has 7 nitrogen and oxygen atoms in total.